The summed E-state index contributed by atoms with van der Waals surface area (Å²) in [5, 5.41) is 12.9. The van der Waals surface area contributed by atoms with Crippen LogP contribution in [0.3, 0.4) is 0 Å². The molecule has 2 N–H and O–H groups in total. The second-order valence-corrected chi connectivity index (χ2v) is 4.01. The Morgan fingerprint density at radius 3 is 2.75 bits per heavy atom. The van der Waals surface area contributed by atoms with Crippen molar-refractivity contribution in [3.05, 3.63) is 35.9 Å². The second-order valence-electron chi connectivity index (χ2n) is 4.01. The molecule has 1 aliphatic heterocycles. The summed E-state index contributed by atoms with van der Waals surface area (Å²) >= 11 is 0. The molecule has 16 heavy (non-hydrogen) atoms. The molecule has 0 aliphatic carbocycles. The first-order chi connectivity index (χ1) is 7.86. The SMILES string of the molecule is Oc1ccccc1/C=C/CN1CCNCC1. The smallest absolute Gasteiger partial charge is 0.122 e. The van der Waals surface area contributed by atoms with Crippen LogP contribution in [0.1, 0.15) is 5.56 Å². The molecule has 0 atom stereocenters. The molecule has 3 heteroatoms. The van der Waals surface area contributed by atoms with Crippen LogP contribution in [0.2, 0.25) is 0 Å². The van der Waals surface area contributed by atoms with Crippen LogP contribution < -0.4 is 5.32 Å². The summed E-state index contributed by atoms with van der Waals surface area (Å²) < 4.78 is 0. The van der Waals surface area contributed by atoms with E-state index in [0.29, 0.717) is 5.75 Å². The fraction of sp³-hybridized carbons (Fsp3) is 0.385. The van der Waals surface area contributed by atoms with Crippen molar-refractivity contribution in [3.8, 4) is 5.75 Å². The Labute approximate surface area is 96.4 Å². The first-order valence-electron chi connectivity index (χ1n) is 5.74. The zero-order valence-electron chi connectivity index (χ0n) is 9.39. The van der Waals surface area contributed by atoms with Crippen LogP contribution in [0.15, 0.2) is 30.3 Å². The maximum atomic E-state index is 9.57. The fourth-order valence-corrected chi connectivity index (χ4v) is 1.85. The Morgan fingerprint density at radius 1 is 1.25 bits per heavy atom. The number of phenolic OH excluding ortho intramolecular Hbond substituents is 1. The number of benzene rings is 1. The van der Waals surface area contributed by atoms with Gasteiger partial charge in [-0.05, 0) is 6.07 Å². The van der Waals surface area contributed by atoms with E-state index in [0.717, 1.165) is 38.3 Å². The molecule has 0 unspecified atom stereocenters. The van der Waals surface area contributed by atoms with Crippen LogP contribution in [0.25, 0.3) is 6.08 Å². The highest BCUT2D eigenvalue weighted by atomic mass is 16.3. The van der Waals surface area contributed by atoms with Crippen LogP contribution >= 0.6 is 0 Å². The predicted octanol–water partition coefficient (Wildman–Crippen LogP) is 1.31. The lowest BCUT2D eigenvalue weighted by atomic mass is 10.2. The van der Waals surface area contributed by atoms with E-state index < -0.39 is 0 Å². The highest BCUT2D eigenvalue weighted by Crippen LogP contribution is 2.16. The Morgan fingerprint density at radius 2 is 2.00 bits per heavy atom. The van der Waals surface area contributed by atoms with Gasteiger partial charge >= 0.3 is 0 Å². The summed E-state index contributed by atoms with van der Waals surface area (Å²) in [6.45, 7) is 5.31. The molecule has 1 aromatic rings. The quantitative estimate of drug-likeness (QED) is 0.803. The highest BCUT2D eigenvalue weighted by Gasteiger charge is 2.06. The van der Waals surface area contributed by atoms with E-state index >= 15 is 0 Å². The second kappa shape index (κ2) is 5.68. The number of hydrogen-bond acceptors (Lipinski definition) is 3. The van der Waals surface area contributed by atoms with Crippen LogP contribution in [0.4, 0.5) is 0 Å². The van der Waals surface area contributed by atoms with Gasteiger partial charge in [0.15, 0.2) is 0 Å². The minimum Gasteiger partial charge on any atom is -0.507 e. The van der Waals surface area contributed by atoms with Crippen molar-refractivity contribution in [2.75, 3.05) is 32.7 Å². The lowest BCUT2D eigenvalue weighted by Gasteiger charge is -2.25. The standard InChI is InChI=1S/C13H18N2O/c16-13-6-2-1-4-12(13)5-3-9-15-10-7-14-8-11-15/h1-6,14,16H,7-11H2/b5-3+. The molecule has 1 fully saturated rings. The Bertz CT molecular complexity index is 357. The van der Waals surface area contributed by atoms with Crippen molar-refractivity contribution in [1.29, 1.82) is 0 Å². The molecule has 0 spiro atoms. The molecule has 1 saturated heterocycles. The number of aromatic hydroxyl groups is 1. The van der Waals surface area contributed by atoms with Gasteiger partial charge < -0.3 is 10.4 Å². The van der Waals surface area contributed by atoms with Crippen molar-refractivity contribution in [2.24, 2.45) is 0 Å². The molecule has 0 saturated carbocycles. The monoisotopic (exact) mass is 218 g/mol. The van der Waals surface area contributed by atoms with Gasteiger partial charge in [0.1, 0.15) is 5.75 Å². The number of para-hydroxylation sites is 1. The zero-order chi connectivity index (χ0) is 11.2. The molecular weight excluding hydrogens is 200 g/mol. The van der Waals surface area contributed by atoms with Crippen LogP contribution in [-0.4, -0.2) is 42.7 Å². The largest absolute Gasteiger partial charge is 0.507 e. The molecule has 1 heterocycles. The number of rotatable bonds is 3. The summed E-state index contributed by atoms with van der Waals surface area (Å²) in [6, 6.07) is 7.40. The van der Waals surface area contributed by atoms with Gasteiger partial charge in [-0.3, -0.25) is 4.90 Å². The number of nitrogens with one attached hydrogen (secondary N) is 1. The van der Waals surface area contributed by atoms with Gasteiger partial charge in [0.25, 0.3) is 0 Å². The highest BCUT2D eigenvalue weighted by molar-refractivity contribution is 5.56. The third-order valence-electron chi connectivity index (χ3n) is 2.81. The lowest BCUT2D eigenvalue weighted by molar-refractivity contribution is 0.265. The van der Waals surface area contributed by atoms with E-state index in [-0.39, 0.29) is 0 Å². The summed E-state index contributed by atoms with van der Waals surface area (Å²) in [5.41, 5.74) is 0.887. The predicted molar refractivity (Wildman–Crippen MR) is 66.5 cm³/mol. The molecule has 3 nitrogen and oxygen atoms in total. The third-order valence-corrected chi connectivity index (χ3v) is 2.81. The Balaban J connectivity index is 1.87. The number of nitrogens with zero attached hydrogens (tertiary/aromatic N) is 1. The topological polar surface area (TPSA) is 35.5 Å². The lowest BCUT2D eigenvalue weighted by Crippen LogP contribution is -2.43. The van der Waals surface area contributed by atoms with Crippen LogP contribution in [0, 0.1) is 0 Å². The third kappa shape index (κ3) is 3.08. The van der Waals surface area contributed by atoms with Crippen LogP contribution in [-0.2, 0) is 0 Å². The van der Waals surface area contributed by atoms with Gasteiger partial charge in [-0.25, -0.2) is 0 Å². The van der Waals surface area contributed by atoms with E-state index in [9.17, 15) is 5.11 Å². The number of piperazine rings is 1. The zero-order valence-corrected chi connectivity index (χ0v) is 9.39. The molecule has 0 bridgehead atoms. The first-order valence-corrected chi connectivity index (χ1v) is 5.74. The normalized spacial score (nSPS) is 18.0. The van der Waals surface area contributed by atoms with E-state index in [1.165, 1.54) is 0 Å². The molecule has 86 valence electrons. The van der Waals surface area contributed by atoms with E-state index in [2.05, 4.69) is 16.3 Å². The van der Waals surface area contributed by atoms with Gasteiger partial charge in [-0.1, -0.05) is 30.4 Å². The van der Waals surface area contributed by atoms with Gasteiger partial charge in [0, 0.05) is 38.3 Å². The van der Waals surface area contributed by atoms with Gasteiger partial charge in [0.2, 0.25) is 0 Å². The number of hydrogen-bond donors (Lipinski definition) is 2. The number of phenols is 1. The molecule has 2 rings (SSSR count). The molecule has 1 aromatic carbocycles. The van der Waals surface area contributed by atoms with Crippen molar-refractivity contribution < 1.29 is 5.11 Å². The first kappa shape index (κ1) is 11.2. The maximum absolute atomic E-state index is 9.57. The van der Waals surface area contributed by atoms with Gasteiger partial charge in [0.05, 0.1) is 0 Å². The average Bonchev–Trinajstić information content (AvgIpc) is 2.33. The van der Waals surface area contributed by atoms with E-state index in [4.69, 9.17) is 0 Å². The Hall–Kier alpha value is -1.32. The summed E-state index contributed by atoms with van der Waals surface area (Å²) in [5.74, 6) is 0.346. The summed E-state index contributed by atoms with van der Waals surface area (Å²) in [4.78, 5) is 2.40. The molecule has 0 aromatic heterocycles. The minimum atomic E-state index is 0.346. The van der Waals surface area contributed by atoms with Crippen molar-refractivity contribution in [1.82, 2.24) is 10.2 Å². The maximum Gasteiger partial charge on any atom is 0.122 e. The fourth-order valence-electron chi connectivity index (χ4n) is 1.85. The summed E-state index contributed by atoms with van der Waals surface area (Å²) in [7, 11) is 0. The average molecular weight is 218 g/mol. The van der Waals surface area contributed by atoms with Gasteiger partial charge in [-0.2, -0.15) is 0 Å². The molecule has 0 amide bonds. The molecule has 0 radical (unpaired) electrons. The van der Waals surface area contributed by atoms with Crippen molar-refractivity contribution in [2.45, 2.75) is 0 Å². The van der Waals surface area contributed by atoms with E-state index in [1.54, 1.807) is 6.07 Å². The van der Waals surface area contributed by atoms with Crippen molar-refractivity contribution in [3.63, 3.8) is 0 Å². The van der Waals surface area contributed by atoms with E-state index in [1.807, 2.05) is 24.3 Å². The van der Waals surface area contributed by atoms with Crippen LogP contribution in [0.5, 0.6) is 5.75 Å². The minimum absolute atomic E-state index is 0.346. The van der Waals surface area contributed by atoms with Gasteiger partial charge in [-0.15, -0.1) is 0 Å². The Kier molecular flexibility index (Phi) is 3.97. The molecular formula is C13H18N2O. The van der Waals surface area contributed by atoms with Crippen molar-refractivity contribution >= 4 is 6.08 Å². The molecule has 1 aliphatic rings. The summed E-state index contributed by atoms with van der Waals surface area (Å²) in [6.07, 6.45) is 4.09.